The van der Waals surface area contributed by atoms with Crippen LogP contribution in [0, 0.1) is 5.82 Å². The van der Waals surface area contributed by atoms with Crippen LogP contribution >= 0.6 is 11.6 Å². The van der Waals surface area contributed by atoms with Gasteiger partial charge in [-0.25, -0.2) is 9.37 Å². The quantitative estimate of drug-likeness (QED) is 0.733. The minimum absolute atomic E-state index is 0.319. The predicted molar refractivity (Wildman–Crippen MR) is 84.0 cm³/mol. The largest absolute Gasteiger partial charge is 0.496 e. The van der Waals surface area contributed by atoms with Gasteiger partial charge in [-0.2, -0.15) is 5.10 Å². The molecule has 3 aromatic rings. The Morgan fingerprint density at radius 3 is 3.00 bits per heavy atom. The van der Waals surface area contributed by atoms with Crippen molar-refractivity contribution >= 4 is 28.2 Å². The third-order valence-corrected chi connectivity index (χ3v) is 3.52. The van der Waals surface area contributed by atoms with Crippen LogP contribution in [0.25, 0.3) is 10.9 Å². The van der Waals surface area contributed by atoms with Crippen molar-refractivity contribution in [3.63, 3.8) is 0 Å². The summed E-state index contributed by atoms with van der Waals surface area (Å²) in [5, 5.41) is 8.51. The Balaban J connectivity index is 1.77. The van der Waals surface area contributed by atoms with Gasteiger partial charge >= 0.3 is 0 Å². The highest BCUT2D eigenvalue weighted by molar-refractivity contribution is 6.29. The van der Waals surface area contributed by atoms with Crippen LogP contribution < -0.4 is 10.1 Å². The molecule has 0 saturated heterocycles. The summed E-state index contributed by atoms with van der Waals surface area (Å²) < 4.78 is 20.9. The lowest BCUT2D eigenvalue weighted by Crippen LogP contribution is -2.12. The van der Waals surface area contributed by atoms with E-state index >= 15 is 0 Å². The molecule has 0 bridgehead atoms. The van der Waals surface area contributed by atoms with Crippen LogP contribution in [-0.4, -0.2) is 28.4 Å². The first kappa shape index (κ1) is 14.6. The molecule has 0 atom stereocenters. The minimum Gasteiger partial charge on any atom is -0.496 e. The standard InChI is InChI=1S/C15H14ClFN4O/c1-22-13-3-2-12(17)15-11(13)9-20-21(15)7-6-18-10-4-5-19-14(16)8-10/h2-5,8-9H,6-7H2,1H3,(H,18,19). The van der Waals surface area contributed by atoms with Crippen molar-refractivity contribution in [2.24, 2.45) is 0 Å². The second kappa shape index (κ2) is 6.19. The maximum Gasteiger partial charge on any atom is 0.149 e. The number of halogens is 2. The number of hydrogen-bond acceptors (Lipinski definition) is 4. The van der Waals surface area contributed by atoms with Gasteiger partial charge in [-0.15, -0.1) is 0 Å². The zero-order valence-electron chi connectivity index (χ0n) is 11.9. The number of aromatic nitrogens is 3. The molecule has 7 heteroatoms. The highest BCUT2D eigenvalue weighted by Gasteiger charge is 2.12. The molecule has 0 spiro atoms. The Morgan fingerprint density at radius 1 is 1.36 bits per heavy atom. The molecule has 5 nitrogen and oxygen atoms in total. The molecule has 22 heavy (non-hydrogen) atoms. The summed E-state index contributed by atoms with van der Waals surface area (Å²) in [7, 11) is 1.55. The monoisotopic (exact) mass is 320 g/mol. The van der Waals surface area contributed by atoms with Crippen LogP contribution in [0.4, 0.5) is 10.1 Å². The number of methoxy groups -OCH3 is 1. The lowest BCUT2D eigenvalue weighted by molar-refractivity contribution is 0.419. The molecule has 2 aromatic heterocycles. The first-order valence-corrected chi connectivity index (χ1v) is 7.10. The van der Waals surface area contributed by atoms with E-state index in [-0.39, 0.29) is 5.82 Å². The smallest absolute Gasteiger partial charge is 0.149 e. The van der Waals surface area contributed by atoms with E-state index in [1.807, 2.05) is 6.07 Å². The van der Waals surface area contributed by atoms with Crippen molar-refractivity contribution in [1.29, 1.82) is 0 Å². The summed E-state index contributed by atoms with van der Waals surface area (Å²) in [6.07, 6.45) is 3.24. The first-order valence-electron chi connectivity index (χ1n) is 6.72. The summed E-state index contributed by atoms with van der Waals surface area (Å²) in [6.45, 7) is 1.08. The van der Waals surface area contributed by atoms with Crippen LogP contribution in [0.5, 0.6) is 5.75 Å². The molecular formula is C15H14ClFN4O. The average Bonchev–Trinajstić information content (AvgIpc) is 2.93. The molecule has 1 N–H and O–H groups in total. The average molecular weight is 321 g/mol. The first-order chi connectivity index (χ1) is 10.7. The molecule has 0 saturated carbocycles. The lowest BCUT2D eigenvalue weighted by atomic mass is 10.2. The Bertz CT molecular complexity index is 805. The molecule has 0 radical (unpaired) electrons. The maximum atomic E-state index is 14.0. The summed E-state index contributed by atoms with van der Waals surface area (Å²) in [5.74, 6) is 0.289. The van der Waals surface area contributed by atoms with Crippen LogP contribution in [0.15, 0.2) is 36.7 Å². The van der Waals surface area contributed by atoms with Gasteiger partial charge in [0.2, 0.25) is 0 Å². The predicted octanol–water partition coefficient (Wildman–Crippen LogP) is 3.34. The van der Waals surface area contributed by atoms with Gasteiger partial charge in [-0.05, 0) is 24.3 Å². The Labute approximate surface area is 131 Å². The van der Waals surface area contributed by atoms with Crippen molar-refractivity contribution in [1.82, 2.24) is 14.8 Å². The molecular weight excluding hydrogens is 307 g/mol. The number of ether oxygens (including phenoxy) is 1. The number of rotatable bonds is 5. The topological polar surface area (TPSA) is 52.0 Å². The van der Waals surface area contributed by atoms with E-state index < -0.39 is 0 Å². The highest BCUT2D eigenvalue weighted by Crippen LogP contribution is 2.27. The number of nitrogens with one attached hydrogen (secondary N) is 1. The summed E-state index contributed by atoms with van der Waals surface area (Å²) in [4.78, 5) is 3.91. The fourth-order valence-corrected chi connectivity index (χ4v) is 2.48. The van der Waals surface area contributed by atoms with E-state index in [4.69, 9.17) is 16.3 Å². The number of anilines is 1. The molecule has 114 valence electrons. The Kier molecular flexibility index (Phi) is 4.11. The van der Waals surface area contributed by atoms with Gasteiger partial charge in [-0.1, -0.05) is 11.6 Å². The normalized spacial score (nSPS) is 10.9. The maximum absolute atomic E-state index is 14.0. The zero-order valence-corrected chi connectivity index (χ0v) is 12.6. The second-order valence-electron chi connectivity index (χ2n) is 4.67. The van der Waals surface area contributed by atoms with E-state index in [1.54, 1.807) is 36.3 Å². The summed E-state index contributed by atoms with van der Waals surface area (Å²) in [6, 6.07) is 6.53. The molecule has 0 fully saturated rings. The number of pyridine rings is 1. The minimum atomic E-state index is -0.319. The summed E-state index contributed by atoms with van der Waals surface area (Å²) >= 11 is 5.82. The van der Waals surface area contributed by atoms with Crippen molar-refractivity contribution in [2.75, 3.05) is 19.0 Å². The van der Waals surface area contributed by atoms with Crippen LogP contribution in [0.3, 0.4) is 0 Å². The fourth-order valence-electron chi connectivity index (χ4n) is 2.30. The van der Waals surface area contributed by atoms with Crippen molar-refractivity contribution < 1.29 is 9.13 Å². The Morgan fingerprint density at radius 2 is 2.23 bits per heavy atom. The lowest BCUT2D eigenvalue weighted by Gasteiger charge is -2.08. The number of nitrogens with zero attached hydrogens (tertiary/aromatic N) is 3. The van der Waals surface area contributed by atoms with E-state index in [0.29, 0.717) is 34.9 Å². The highest BCUT2D eigenvalue weighted by atomic mass is 35.5. The van der Waals surface area contributed by atoms with Gasteiger partial charge < -0.3 is 10.1 Å². The van der Waals surface area contributed by atoms with Gasteiger partial charge in [0.15, 0.2) is 0 Å². The van der Waals surface area contributed by atoms with Gasteiger partial charge in [0, 0.05) is 18.4 Å². The SMILES string of the molecule is COc1ccc(F)c2c1cnn2CCNc1ccnc(Cl)c1. The number of benzene rings is 1. The summed E-state index contributed by atoms with van der Waals surface area (Å²) in [5.41, 5.74) is 1.29. The molecule has 3 rings (SSSR count). The van der Waals surface area contributed by atoms with Gasteiger partial charge in [-0.3, -0.25) is 4.68 Å². The second-order valence-corrected chi connectivity index (χ2v) is 5.06. The fraction of sp³-hybridized carbons (Fsp3) is 0.200. The molecule has 0 aliphatic heterocycles. The third-order valence-electron chi connectivity index (χ3n) is 3.31. The van der Waals surface area contributed by atoms with E-state index in [2.05, 4.69) is 15.4 Å². The molecule has 0 unspecified atom stereocenters. The van der Waals surface area contributed by atoms with E-state index in [1.165, 1.54) is 6.07 Å². The molecule has 0 amide bonds. The number of fused-ring (bicyclic) bond motifs is 1. The van der Waals surface area contributed by atoms with Gasteiger partial charge in [0.25, 0.3) is 0 Å². The molecule has 2 heterocycles. The van der Waals surface area contributed by atoms with E-state index in [9.17, 15) is 4.39 Å². The van der Waals surface area contributed by atoms with Crippen LogP contribution in [0.1, 0.15) is 0 Å². The van der Waals surface area contributed by atoms with Gasteiger partial charge in [0.1, 0.15) is 22.2 Å². The van der Waals surface area contributed by atoms with Crippen LogP contribution in [0.2, 0.25) is 5.15 Å². The van der Waals surface area contributed by atoms with E-state index in [0.717, 1.165) is 5.69 Å². The van der Waals surface area contributed by atoms with Crippen molar-refractivity contribution in [3.8, 4) is 5.75 Å². The molecule has 0 aliphatic carbocycles. The third kappa shape index (κ3) is 2.82. The van der Waals surface area contributed by atoms with Crippen LogP contribution in [-0.2, 0) is 6.54 Å². The Hall–Kier alpha value is -2.34. The van der Waals surface area contributed by atoms with Gasteiger partial charge in [0.05, 0.1) is 25.2 Å². The molecule has 1 aromatic carbocycles. The molecule has 0 aliphatic rings. The van der Waals surface area contributed by atoms with Crippen molar-refractivity contribution in [3.05, 3.63) is 47.6 Å². The zero-order chi connectivity index (χ0) is 15.5. The number of hydrogen-bond donors (Lipinski definition) is 1. The van der Waals surface area contributed by atoms with Crippen molar-refractivity contribution in [2.45, 2.75) is 6.54 Å².